The summed E-state index contributed by atoms with van der Waals surface area (Å²) in [6.07, 6.45) is 3.48. The molecule has 0 heterocycles. The molecule has 1 fully saturated rings. The van der Waals surface area contributed by atoms with E-state index >= 15 is 0 Å². The van der Waals surface area contributed by atoms with E-state index in [2.05, 4.69) is 5.32 Å². The fourth-order valence-corrected chi connectivity index (χ4v) is 2.72. The van der Waals surface area contributed by atoms with Crippen molar-refractivity contribution in [3.05, 3.63) is 23.8 Å². The number of phenolic OH excluding ortho intramolecular Hbond substituents is 2. The fraction of sp³-hybridized carbons (Fsp3) is 0.571. The largest absolute Gasteiger partial charge is 0.508 e. The van der Waals surface area contributed by atoms with Gasteiger partial charge in [-0.3, -0.25) is 0 Å². The lowest BCUT2D eigenvalue weighted by Crippen LogP contribution is -2.26. The summed E-state index contributed by atoms with van der Waals surface area (Å²) in [4.78, 5) is 0. The van der Waals surface area contributed by atoms with Crippen LogP contribution in [0.3, 0.4) is 0 Å². The summed E-state index contributed by atoms with van der Waals surface area (Å²) in [6, 6.07) is 4.64. The summed E-state index contributed by atoms with van der Waals surface area (Å²) >= 11 is 0. The van der Waals surface area contributed by atoms with E-state index < -0.39 is 0 Å². The maximum absolute atomic E-state index is 9.64. The SMILES string of the molecule is OCC1CCCC1CNCc1ccc(O)cc1O. The molecule has 1 saturated carbocycles. The lowest BCUT2D eigenvalue weighted by atomic mass is 9.97. The van der Waals surface area contributed by atoms with Gasteiger partial charge in [0.1, 0.15) is 11.5 Å². The number of rotatable bonds is 5. The smallest absolute Gasteiger partial charge is 0.123 e. The Bertz CT molecular complexity index is 395. The van der Waals surface area contributed by atoms with Crippen molar-refractivity contribution < 1.29 is 15.3 Å². The molecular formula is C14H21NO3. The van der Waals surface area contributed by atoms with Crippen LogP contribution in [-0.2, 0) is 6.54 Å². The molecule has 4 N–H and O–H groups in total. The van der Waals surface area contributed by atoms with Gasteiger partial charge in [0.05, 0.1) is 0 Å². The number of hydrogen-bond donors (Lipinski definition) is 4. The molecule has 0 saturated heterocycles. The zero-order valence-corrected chi connectivity index (χ0v) is 10.5. The van der Waals surface area contributed by atoms with Gasteiger partial charge < -0.3 is 20.6 Å². The van der Waals surface area contributed by atoms with Crippen molar-refractivity contribution in [1.29, 1.82) is 0 Å². The van der Waals surface area contributed by atoms with E-state index in [0.29, 0.717) is 18.4 Å². The van der Waals surface area contributed by atoms with Crippen LogP contribution in [0.5, 0.6) is 11.5 Å². The zero-order valence-electron chi connectivity index (χ0n) is 10.5. The monoisotopic (exact) mass is 251 g/mol. The molecule has 2 atom stereocenters. The Hall–Kier alpha value is -1.26. The highest BCUT2D eigenvalue weighted by atomic mass is 16.3. The van der Waals surface area contributed by atoms with Crippen molar-refractivity contribution in [2.45, 2.75) is 25.8 Å². The number of nitrogens with one attached hydrogen (secondary N) is 1. The average Bonchev–Trinajstić information content (AvgIpc) is 2.79. The molecule has 1 aliphatic rings. The first kappa shape index (κ1) is 13.2. The molecule has 100 valence electrons. The van der Waals surface area contributed by atoms with Gasteiger partial charge in [-0.1, -0.05) is 12.5 Å². The normalized spacial score (nSPS) is 23.4. The van der Waals surface area contributed by atoms with E-state index in [4.69, 9.17) is 0 Å². The molecule has 1 aliphatic carbocycles. The molecule has 1 aromatic rings. The van der Waals surface area contributed by atoms with E-state index in [9.17, 15) is 15.3 Å². The third kappa shape index (κ3) is 3.15. The minimum Gasteiger partial charge on any atom is -0.508 e. The predicted molar refractivity (Wildman–Crippen MR) is 69.4 cm³/mol. The Morgan fingerprint density at radius 2 is 1.94 bits per heavy atom. The van der Waals surface area contributed by atoms with Crippen LogP contribution in [0.1, 0.15) is 24.8 Å². The Morgan fingerprint density at radius 1 is 1.17 bits per heavy atom. The molecular weight excluding hydrogens is 230 g/mol. The maximum Gasteiger partial charge on any atom is 0.123 e. The van der Waals surface area contributed by atoms with Gasteiger partial charge in [-0.15, -0.1) is 0 Å². The lowest BCUT2D eigenvalue weighted by Gasteiger charge is -2.18. The Labute approximate surface area is 107 Å². The number of aliphatic hydroxyl groups is 1. The summed E-state index contributed by atoms with van der Waals surface area (Å²) < 4.78 is 0. The van der Waals surface area contributed by atoms with Gasteiger partial charge in [0, 0.05) is 24.8 Å². The molecule has 1 aromatic carbocycles. The minimum atomic E-state index is 0.0763. The van der Waals surface area contributed by atoms with Crippen molar-refractivity contribution in [2.24, 2.45) is 11.8 Å². The predicted octanol–water partition coefficient (Wildman–Crippen LogP) is 1.60. The van der Waals surface area contributed by atoms with Crippen LogP contribution in [0.2, 0.25) is 0 Å². The van der Waals surface area contributed by atoms with Gasteiger partial charge in [-0.25, -0.2) is 0 Å². The van der Waals surface area contributed by atoms with Gasteiger partial charge in [0.2, 0.25) is 0 Å². The van der Waals surface area contributed by atoms with Gasteiger partial charge >= 0.3 is 0 Å². The third-order valence-corrected chi connectivity index (χ3v) is 3.84. The molecule has 0 bridgehead atoms. The molecule has 4 heteroatoms. The Balaban J connectivity index is 1.81. The molecule has 2 rings (SSSR count). The van der Waals surface area contributed by atoms with Crippen LogP contribution in [-0.4, -0.2) is 28.5 Å². The van der Waals surface area contributed by atoms with Crippen LogP contribution in [0, 0.1) is 11.8 Å². The molecule has 0 amide bonds. The molecule has 4 nitrogen and oxygen atoms in total. The van der Waals surface area contributed by atoms with Gasteiger partial charge in [0.15, 0.2) is 0 Å². The molecule has 0 radical (unpaired) electrons. The van der Waals surface area contributed by atoms with Crippen LogP contribution in [0.4, 0.5) is 0 Å². The highest BCUT2D eigenvalue weighted by Crippen LogP contribution is 2.30. The summed E-state index contributed by atoms with van der Waals surface area (Å²) in [5.41, 5.74) is 0.784. The average molecular weight is 251 g/mol. The van der Waals surface area contributed by atoms with Crippen molar-refractivity contribution in [1.82, 2.24) is 5.32 Å². The number of aliphatic hydroxyl groups excluding tert-OH is 1. The second-order valence-electron chi connectivity index (χ2n) is 5.08. The second kappa shape index (κ2) is 6.07. The summed E-state index contributed by atoms with van der Waals surface area (Å²) in [5, 5.41) is 31.4. The van der Waals surface area contributed by atoms with Gasteiger partial charge in [-0.2, -0.15) is 0 Å². The van der Waals surface area contributed by atoms with Crippen LogP contribution in [0.15, 0.2) is 18.2 Å². The highest BCUT2D eigenvalue weighted by Gasteiger charge is 2.25. The van der Waals surface area contributed by atoms with E-state index in [1.54, 1.807) is 12.1 Å². The van der Waals surface area contributed by atoms with E-state index in [0.717, 1.165) is 18.5 Å². The molecule has 0 spiro atoms. The maximum atomic E-state index is 9.64. The fourth-order valence-electron chi connectivity index (χ4n) is 2.72. The first-order chi connectivity index (χ1) is 8.70. The standard InChI is InChI=1S/C14H21NO3/c16-9-12-3-1-2-10(12)7-15-8-11-4-5-13(17)6-14(11)18/h4-6,10,12,15-18H,1-3,7-9H2. The van der Waals surface area contributed by atoms with Crippen LogP contribution >= 0.6 is 0 Å². The first-order valence-corrected chi connectivity index (χ1v) is 6.53. The molecule has 2 unspecified atom stereocenters. The highest BCUT2D eigenvalue weighted by molar-refractivity contribution is 5.38. The summed E-state index contributed by atoms with van der Waals surface area (Å²) in [7, 11) is 0. The van der Waals surface area contributed by atoms with Gasteiger partial charge in [0.25, 0.3) is 0 Å². The second-order valence-corrected chi connectivity index (χ2v) is 5.08. The Kier molecular flexibility index (Phi) is 4.44. The van der Waals surface area contributed by atoms with Crippen LogP contribution < -0.4 is 5.32 Å². The van der Waals surface area contributed by atoms with Crippen molar-refractivity contribution in [2.75, 3.05) is 13.2 Å². The van der Waals surface area contributed by atoms with E-state index in [1.807, 2.05) is 0 Å². The van der Waals surface area contributed by atoms with Crippen molar-refractivity contribution in [3.8, 4) is 11.5 Å². The number of phenols is 2. The number of hydrogen-bond acceptors (Lipinski definition) is 4. The van der Waals surface area contributed by atoms with Crippen molar-refractivity contribution >= 4 is 0 Å². The van der Waals surface area contributed by atoms with Crippen LogP contribution in [0.25, 0.3) is 0 Å². The molecule has 18 heavy (non-hydrogen) atoms. The first-order valence-electron chi connectivity index (χ1n) is 6.53. The number of aromatic hydroxyl groups is 2. The summed E-state index contributed by atoms with van der Waals surface area (Å²) in [6.45, 7) is 1.73. The number of benzene rings is 1. The third-order valence-electron chi connectivity index (χ3n) is 3.84. The minimum absolute atomic E-state index is 0.0763. The van der Waals surface area contributed by atoms with Gasteiger partial charge in [-0.05, 0) is 37.3 Å². The quantitative estimate of drug-likeness (QED) is 0.641. The van der Waals surface area contributed by atoms with E-state index in [1.165, 1.54) is 18.9 Å². The van der Waals surface area contributed by atoms with E-state index in [-0.39, 0.29) is 18.1 Å². The molecule has 0 aromatic heterocycles. The van der Waals surface area contributed by atoms with Crippen molar-refractivity contribution in [3.63, 3.8) is 0 Å². The zero-order chi connectivity index (χ0) is 13.0. The lowest BCUT2D eigenvalue weighted by molar-refractivity contribution is 0.192. The summed E-state index contributed by atoms with van der Waals surface area (Å²) in [5.74, 6) is 1.15. The molecule has 0 aliphatic heterocycles. The Morgan fingerprint density at radius 3 is 2.67 bits per heavy atom. The topological polar surface area (TPSA) is 72.7 Å².